The molecule has 0 aromatic heterocycles. The molecule has 0 bridgehead atoms. The second kappa shape index (κ2) is 1.78. The number of alkyl halides is 2. The summed E-state index contributed by atoms with van der Waals surface area (Å²) in [4.78, 5) is 0. The average Bonchev–Trinajstić information content (AvgIpc) is 2.29. The van der Waals surface area contributed by atoms with E-state index in [0.717, 1.165) is 0 Å². The molecule has 7 heteroatoms. The van der Waals surface area contributed by atoms with Crippen LogP contribution in [0.5, 0.6) is 0 Å². The summed E-state index contributed by atoms with van der Waals surface area (Å²) >= 11 is 0. The van der Waals surface area contributed by atoms with E-state index in [-0.39, 0.29) is 0 Å². The molecule has 0 radical (unpaired) electrons. The van der Waals surface area contributed by atoms with Crippen LogP contribution in [0.25, 0.3) is 0 Å². The molecule has 1 nitrogen and oxygen atoms in total. The van der Waals surface area contributed by atoms with Crippen LogP contribution < -0.4 is 0 Å². The highest BCUT2D eigenvalue weighted by Crippen LogP contribution is 2.79. The lowest BCUT2D eigenvalue weighted by molar-refractivity contribution is 0.0141. The van der Waals surface area contributed by atoms with Crippen LogP contribution in [0.3, 0.4) is 0 Å². The number of fused-ring (bicyclic) bond motifs is 1. The van der Waals surface area contributed by atoms with Crippen LogP contribution in [0.4, 0.5) is 21.7 Å². The summed E-state index contributed by atoms with van der Waals surface area (Å²) in [6, 6.07) is 0. The molecule has 1 saturated heterocycles. The second-order valence-corrected chi connectivity index (χ2v) is 3.31. The van der Waals surface area contributed by atoms with E-state index in [1.807, 2.05) is 0 Å². The Hall–Kier alpha value is -0.325. The molecule has 0 N–H and O–H groups in total. The van der Waals surface area contributed by atoms with E-state index in [1.54, 1.807) is 0 Å². The third kappa shape index (κ3) is 0.606. The normalized spacial score (nSPS) is 44.2. The lowest BCUT2D eigenvalue weighted by atomic mass is 9.68. The zero-order valence-electron chi connectivity index (χ0n) is 5.87. The van der Waals surface area contributed by atoms with Gasteiger partial charge in [-0.05, 0) is 0 Å². The van der Waals surface area contributed by atoms with Crippen LogP contribution in [0.15, 0.2) is 0 Å². The highest BCUT2D eigenvalue weighted by molar-refractivity contribution is 6.64. The first kappa shape index (κ1) is 8.28. The van der Waals surface area contributed by atoms with Crippen molar-refractivity contribution in [2.45, 2.75) is 11.2 Å². The molecule has 0 aromatic carbocycles. The molecule has 2 fully saturated rings. The van der Waals surface area contributed by atoms with Crippen LogP contribution in [-0.4, -0.2) is 26.1 Å². The maximum atomic E-state index is 12.6. The van der Waals surface area contributed by atoms with Crippen LogP contribution in [0, 0.1) is 5.92 Å². The van der Waals surface area contributed by atoms with Crippen molar-refractivity contribution >= 4 is 6.98 Å². The first-order valence-corrected chi connectivity index (χ1v) is 3.49. The van der Waals surface area contributed by atoms with E-state index in [2.05, 4.69) is 4.74 Å². The van der Waals surface area contributed by atoms with Gasteiger partial charge in [0.15, 0.2) is 0 Å². The Bertz CT molecular complexity index is 214. The van der Waals surface area contributed by atoms with E-state index in [9.17, 15) is 21.7 Å². The first-order valence-electron chi connectivity index (χ1n) is 3.49. The largest absolute Gasteiger partial charge is 0.493 e. The summed E-state index contributed by atoms with van der Waals surface area (Å²) in [5.74, 6) is -5.20. The molecule has 1 heterocycles. The van der Waals surface area contributed by atoms with Crippen molar-refractivity contribution < 1.29 is 26.5 Å². The van der Waals surface area contributed by atoms with Crippen LogP contribution in [0.1, 0.15) is 0 Å². The number of rotatable bonds is 1. The summed E-state index contributed by atoms with van der Waals surface area (Å²) in [6.07, 6.45) is 0. The van der Waals surface area contributed by atoms with Crippen molar-refractivity contribution in [1.29, 1.82) is 0 Å². The van der Waals surface area contributed by atoms with Gasteiger partial charge in [-0.3, -0.25) is 0 Å². The molecular weight excluding hydrogens is 182 g/mol. The van der Waals surface area contributed by atoms with E-state index in [0.29, 0.717) is 0 Å². The first-order chi connectivity index (χ1) is 5.34. The molecule has 70 valence electrons. The van der Waals surface area contributed by atoms with Gasteiger partial charge in [0.05, 0.1) is 6.61 Å². The summed E-state index contributed by atoms with van der Waals surface area (Å²) in [5.41, 5.74) is 0. The second-order valence-electron chi connectivity index (χ2n) is 3.31. The number of ether oxygens (including phenoxy) is 1. The van der Waals surface area contributed by atoms with Crippen molar-refractivity contribution in [2.24, 2.45) is 5.92 Å². The smallest absolute Gasteiger partial charge is 0.448 e. The summed E-state index contributed by atoms with van der Waals surface area (Å²) in [7, 11) is 0. The molecule has 1 aliphatic heterocycles. The van der Waals surface area contributed by atoms with Gasteiger partial charge in [0, 0.05) is 17.8 Å². The summed E-state index contributed by atoms with van der Waals surface area (Å²) < 4.78 is 66.2. The third-order valence-electron chi connectivity index (χ3n) is 2.81. The molecule has 2 atom stereocenters. The summed E-state index contributed by atoms with van der Waals surface area (Å²) in [6.45, 7) is -6.83. The van der Waals surface area contributed by atoms with Gasteiger partial charge >= 0.3 is 6.98 Å². The minimum absolute atomic E-state index is 0.464. The standard InChI is InChI=1S/C5H5BF5O/c7-5(8)3-1-12-2-4(3,5)6(9,10)11/h3H,1-2H2/q-1. The Kier molecular flexibility index (Phi) is 1.23. The molecule has 2 aliphatic rings. The fourth-order valence-corrected chi connectivity index (χ4v) is 1.89. The predicted octanol–water partition coefficient (Wildman–Crippen LogP) is 1.87. The monoisotopic (exact) mass is 187 g/mol. The topological polar surface area (TPSA) is 9.23 Å². The van der Waals surface area contributed by atoms with Crippen molar-refractivity contribution in [3.05, 3.63) is 0 Å². The third-order valence-corrected chi connectivity index (χ3v) is 2.81. The van der Waals surface area contributed by atoms with Gasteiger partial charge in [0.25, 0.3) is 0 Å². The van der Waals surface area contributed by atoms with Crippen molar-refractivity contribution in [3.63, 3.8) is 0 Å². The van der Waals surface area contributed by atoms with Crippen LogP contribution in [-0.2, 0) is 4.74 Å². The molecule has 0 amide bonds. The van der Waals surface area contributed by atoms with Crippen LogP contribution >= 0.6 is 0 Å². The Morgan fingerprint density at radius 2 is 1.83 bits per heavy atom. The Morgan fingerprint density at radius 3 is 2.08 bits per heavy atom. The van der Waals surface area contributed by atoms with Gasteiger partial charge < -0.3 is 17.7 Å². The zero-order valence-corrected chi connectivity index (χ0v) is 5.87. The molecular formula is C5H5BF5O-. The highest BCUT2D eigenvalue weighted by atomic mass is 19.4. The molecule has 0 aromatic rings. The average molecular weight is 187 g/mol. The van der Waals surface area contributed by atoms with Gasteiger partial charge in [-0.1, -0.05) is 0 Å². The van der Waals surface area contributed by atoms with E-state index >= 15 is 0 Å². The molecule has 12 heavy (non-hydrogen) atoms. The Morgan fingerprint density at radius 1 is 1.25 bits per heavy atom. The quantitative estimate of drug-likeness (QED) is 0.449. The van der Waals surface area contributed by atoms with Gasteiger partial charge in [-0.2, -0.15) is 0 Å². The Balaban J connectivity index is 2.34. The minimum atomic E-state index is -5.50. The fourth-order valence-electron chi connectivity index (χ4n) is 1.89. The summed E-state index contributed by atoms with van der Waals surface area (Å²) in [5, 5.41) is -2.80. The SMILES string of the molecule is F[B-](F)(F)C12COCC1C2(F)F. The Labute approximate surface area is 64.9 Å². The van der Waals surface area contributed by atoms with E-state index < -0.39 is 37.3 Å². The fraction of sp³-hybridized carbons (Fsp3) is 1.00. The van der Waals surface area contributed by atoms with E-state index in [1.165, 1.54) is 0 Å². The number of hydrogen-bond donors (Lipinski definition) is 0. The lowest BCUT2D eigenvalue weighted by Crippen LogP contribution is -2.33. The predicted molar refractivity (Wildman–Crippen MR) is 31.0 cm³/mol. The molecule has 1 aliphatic carbocycles. The molecule has 0 spiro atoms. The maximum Gasteiger partial charge on any atom is 0.493 e. The van der Waals surface area contributed by atoms with Crippen molar-refractivity contribution in [2.75, 3.05) is 13.2 Å². The molecule has 1 saturated carbocycles. The molecule has 2 unspecified atom stereocenters. The highest BCUT2D eigenvalue weighted by Gasteiger charge is 2.88. The van der Waals surface area contributed by atoms with Crippen molar-refractivity contribution in [3.8, 4) is 0 Å². The number of hydrogen-bond acceptors (Lipinski definition) is 1. The zero-order chi connectivity index (χ0) is 9.20. The maximum absolute atomic E-state index is 12.6. The van der Waals surface area contributed by atoms with E-state index in [4.69, 9.17) is 0 Å². The van der Waals surface area contributed by atoms with Gasteiger partial charge in [0.2, 0.25) is 5.92 Å². The minimum Gasteiger partial charge on any atom is -0.448 e. The van der Waals surface area contributed by atoms with Gasteiger partial charge in [-0.15, -0.1) is 0 Å². The lowest BCUT2D eigenvalue weighted by Gasteiger charge is -2.24. The number of halogens is 5. The van der Waals surface area contributed by atoms with Gasteiger partial charge in [-0.25, -0.2) is 8.78 Å². The van der Waals surface area contributed by atoms with Crippen molar-refractivity contribution in [1.82, 2.24) is 0 Å². The molecule has 2 rings (SSSR count). The van der Waals surface area contributed by atoms with Gasteiger partial charge in [0.1, 0.15) is 0 Å². The van der Waals surface area contributed by atoms with Crippen LogP contribution in [0.2, 0.25) is 5.31 Å².